The van der Waals surface area contributed by atoms with Gasteiger partial charge < -0.3 is 19.1 Å². The SMILES string of the molecule is COc1ccccc1N(CC(=O)N1CCN(Cc2ccc3c(c2)OCO3)CC1)S(C)(=O)=O. The average molecular weight is 462 g/mol. The van der Waals surface area contributed by atoms with E-state index in [9.17, 15) is 13.2 Å². The second-order valence-electron chi connectivity index (χ2n) is 7.79. The van der Waals surface area contributed by atoms with Crippen molar-refractivity contribution in [2.75, 3.05) is 57.2 Å². The molecule has 0 atom stereocenters. The highest BCUT2D eigenvalue weighted by Crippen LogP contribution is 2.33. The minimum atomic E-state index is -3.67. The fourth-order valence-corrected chi connectivity index (χ4v) is 4.75. The highest BCUT2D eigenvalue weighted by Gasteiger charge is 2.28. The number of hydrogen-bond donors (Lipinski definition) is 0. The normalized spacial score (nSPS) is 16.1. The van der Waals surface area contributed by atoms with Gasteiger partial charge in [0.2, 0.25) is 22.7 Å². The molecule has 2 aromatic rings. The molecule has 0 radical (unpaired) electrons. The van der Waals surface area contributed by atoms with Gasteiger partial charge >= 0.3 is 0 Å². The van der Waals surface area contributed by atoms with Crippen molar-refractivity contribution in [3.8, 4) is 17.2 Å². The summed E-state index contributed by atoms with van der Waals surface area (Å²) in [6.07, 6.45) is 1.09. The van der Waals surface area contributed by atoms with Gasteiger partial charge in [-0.25, -0.2) is 8.42 Å². The fraction of sp³-hybridized carbons (Fsp3) is 0.409. The highest BCUT2D eigenvalue weighted by molar-refractivity contribution is 7.92. The van der Waals surface area contributed by atoms with Gasteiger partial charge in [-0.3, -0.25) is 14.0 Å². The maximum absolute atomic E-state index is 13.0. The lowest BCUT2D eigenvalue weighted by Gasteiger charge is -2.36. The lowest BCUT2D eigenvalue weighted by Crippen LogP contribution is -2.51. The van der Waals surface area contributed by atoms with Crippen molar-refractivity contribution in [3.05, 3.63) is 48.0 Å². The summed E-state index contributed by atoms with van der Waals surface area (Å²) in [5.41, 5.74) is 1.47. The Morgan fingerprint density at radius 3 is 2.50 bits per heavy atom. The van der Waals surface area contributed by atoms with Crippen molar-refractivity contribution in [1.29, 1.82) is 0 Å². The van der Waals surface area contributed by atoms with Crippen LogP contribution in [0.4, 0.5) is 5.69 Å². The molecule has 2 aliphatic rings. The number of piperazine rings is 1. The molecule has 9 nitrogen and oxygen atoms in total. The number of hydrogen-bond acceptors (Lipinski definition) is 7. The van der Waals surface area contributed by atoms with Crippen LogP contribution in [-0.4, -0.2) is 77.0 Å². The predicted octanol–water partition coefficient (Wildman–Crippen LogP) is 1.53. The Kier molecular flexibility index (Phi) is 6.43. The maximum atomic E-state index is 13.0. The molecule has 172 valence electrons. The molecule has 2 aliphatic heterocycles. The molecule has 0 saturated carbocycles. The van der Waals surface area contributed by atoms with Crippen LogP contribution in [0.2, 0.25) is 0 Å². The van der Waals surface area contributed by atoms with Gasteiger partial charge in [-0.15, -0.1) is 0 Å². The van der Waals surface area contributed by atoms with Gasteiger partial charge in [0.25, 0.3) is 0 Å². The van der Waals surface area contributed by atoms with Gasteiger partial charge in [-0.1, -0.05) is 18.2 Å². The number of nitrogens with zero attached hydrogens (tertiary/aromatic N) is 3. The number of carbonyl (C=O) groups excluding carboxylic acids is 1. The first-order chi connectivity index (χ1) is 15.3. The topological polar surface area (TPSA) is 88.6 Å². The van der Waals surface area contributed by atoms with Gasteiger partial charge in [-0.2, -0.15) is 0 Å². The smallest absolute Gasteiger partial charge is 0.243 e. The summed E-state index contributed by atoms with van der Waals surface area (Å²) >= 11 is 0. The zero-order chi connectivity index (χ0) is 22.7. The van der Waals surface area contributed by atoms with E-state index in [1.54, 1.807) is 29.2 Å². The zero-order valence-corrected chi connectivity index (χ0v) is 19.0. The minimum Gasteiger partial charge on any atom is -0.495 e. The molecule has 1 amide bonds. The molecule has 0 unspecified atom stereocenters. The van der Waals surface area contributed by atoms with E-state index in [1.807, 2.05) is 18.2 Å². The van der Waals surface area contributed by atoms with Crippen LogP contribution >= 0.6 is 0 Å². The largest absolute Gasteiger partial charge is 0.495 e. The summed E-state index contributed by atoms with van der Waals surface area (Å²) in [5, 5.41) is 0. The van der Waals surface area contributed by atoms with E-state index >= 15 is 0 Å². The Morgan fingerprint density at radius 2 is 1.78 bits per heavy atom. The molecule has 0 N–H and O–H groups in total. The second kappa shape index (κ2) is 9.25. The summed E-state index contributed by atoms with van der Waals surface area (Å²) < 4.78 is 42.0. The number of amides is 1. The number of benzene rings is 2. The van der Waals surface area contributed by atoms with E-state index < -0.39 is 10.0 Å². The molecule has 32 heavy (non-hydrogen) atoms. The van der Waals surface area contributed by atoms with E-state index in [4.69, 9.17) is 14.2 Å². The lowest BCUT2D eigenvalue weighted by atomic mass is 10.1. The van der Waals surface area contributed by atoms with E-state index in [-0.39, 0.29) is 19.2 Å². The van der Waals surface area contributed by atoms with E-state index in [0.29, 0.717) is 37.6 Å². The first kappa shape index (κ1) is 22.2. The number of rotatable bonds is 7. The standard InChI is InChI=1S/C22H27N3O6S/c1-29-19-6-4-3-5-18(19)25(32(2,27)28)15-22(26)24-11-9-23(10-12-24)14-17-7-8-20-21(13-17)31-16-30-20/h3-8,13H,9-12,14-16H2,1-2H3. The van der Waals surface area contributed by atoms with Crippen LogP contribution in [0.25, 0.3) is 0 Å². The van der Waals surface area contributed by atoms with E-state index in [1.165, 1.54) is 7.11 Å². The van der Waals surface area contributed by atoms with Crippen molar-refractivity contribution < 1.29 is 27.4 Å². The Labute approximate surface area is 188 Å². The summed E-state index contributed by atoms with van der Waals surface area (Å²) in [6.45, 7) is 3.21. The van der Waals surface area contributed by atoms with Crippen LogP contribution in [0.5, 0.6) is 17.2 Å². The maximum Gasteiger partial charge on any atom is 0.243 e. The Hall–Kier alpha value is -2.98. The Bertz CT molecular complexity index is 1080. The molecule has 2 aromatic carbocycles. The van der Waals surface area contributed by atoms with Crippen molar-refractivity contribution >= 4 is 21.6 Å². The summed E-state index contributed by atoms with van der Waals surface area (Å²) in [7, 11) is -2.19. The van der Waals surface area contributed by atoms with Gasteiger partial charge in [0, 0.05) is 32.7 Å². The lowest BCUT2D eigenvalue weighted by molar-refractivity contribution is -0.131. The Morgan fingerprint density at radius 1 is 1.06 bits per heavy atom. The van der Waals surface area contributed by atoms with Crippen LogP contribution in [-0.2, 0) is 21.4 Å². The quantitative estimate of drug-likeness (QED) is 0.618. The van der Waals surface area contributed by atoms with Crippen LogP contribution < -0.4 is 18.5 Å². The molecular formula is C22H27N3O6S. The molecular weight excluding hydrogens is 434 g/mol. The zero-order valence-electron chi connectivity index (χ0n) is 18.2. The average Bonchev–Trinajstić information content (AvgIpc) is 3.25. The number of ether oxygens (including phenoxy) is 3. The van der Waals surface area contributed by atoms with Gasteiger partial charge in [0.1, 0.15) is 12.3 Å². The monoisotopic (exact) mass is 461 g/mol. The van der Waals surface area contributed by atoms with Crippen LogP contribution in [0.1, 0.15) is 5.56 Å². The summed E-state index contributed by atoms with van der Waals surface area (Å²) in [5.74, 6) is 1.69. The highest BCUT2D eigenvalue weighted by atomic mass is 32.2. The Balaban J connectivity index is 1.37. The third-order valence-corrected chi connectivity index (χ3v) is 6.73. The van der Waals surface area contributed by atoms with Gasteiger partial charge in [0.15, 0.2) is 11.5 Å². The molecule has 0 aliphatic carbocycles. The van der Waals surface area contributed by atoms with E-state index in [0.717, 1.165) is 34.2 Å². The molecule has 1 saturated heterocycles. The summed E-state index contributed by atoms with van der Waals surface area (Å²) in [4.78, 5) is 16.9. The first-order valence-corrected chi connectivity index (χ1v) is 12.2. The molecule has 1 fully saturated rings. The summed E-state index contributed by atoms with van der Waals surface area (Å²) in [6, 6.07) is 12.7. The van der Waals surface area contributed by atoms with Crippen molar-refractivity contribution in [3.63, 3.8) is 0 Å². The fourth-order valence-electron chi connectivity index (χ4n) is 3.89. The third kappa shape index (κ3) is 4.91. The van der Waals surface area contributed by atoms with Crippen molar-refractivity contribution in [2.45, 2.75) is 6.54 Å². The van der Waals surface area contributed by atoms with Crippen LogP contribution in [0.15, 0.2) is 42.5 Å². The molecule has 10 heteroatoms. The van der Waals surface area contributed by atoms with Crippen LogP contribution in [0, 0.1) is 0 Å². The molecule has 2 heterocycles. The minimum absolute atomic E-state index is 0.232. The first-order valence-electron chi connectivity index (χ1n) is 10.3. The third-order valence-electron chi connectivity index (χ3n) is 5.60. The number of carbonyl (C=O) groups is 1. The molecule has 0 aromatic heterocycles. The molecule has 0 bridgehead atoms. The number of methoxy groups -OCH3 is 1. The van der Waals surface area contributed by atoms with Crippen LogP contribution in [0.3, 0.4) is 0 Å². The number of para-hydroxylation sites is 2. The van der Waals surface area contributed by atoms with E-state index in [2.05, 4.69) is 4.90 Å². The molecule has 0 spiro atoms. The van der Waals surface area contributed by atoms with Crippen molar-refractivity contribution in [2.24, 2.45) is 0 Å². The number of fused-ring (bicyclic) bond motifs is 1. The van der Waals surface area contributed by atoms with Crippen molar-refractivity contribution in [1.82, 2.24) is 9.80 Å². The molecule has 4 rings (SSSR count). The van der Waals surface area contributed by atoms with Gasteiger partial charge in [0.05, 0.1) is 19.1 Å². The number of anilines is 1. The predicted molar refractivity (Wildman–Crippen MR) is 120 cm³/mol. The number of sulfonamides is 1. The van der Waals surface area contributed by atoms with Gasteiger partial charge in [-0.05, 0) is 29.8 Å². The second-order valence-corrected chi connectivity index (χ2v) is 9.69.